The number of fused-ring (bicyclic) bond motifs is 1. The topological polar surface area (TPSA) is 67.4 Å². The zero-order chi connectivity index (χ0) is 24.9. The molecular formula is C28H25ClN2O3S. The van der Waals surface area contributed by atoms with Gasteiger partial charge in [-0.25, -0.2) is 0 Å². The normalized spacial score (nSPS) is 11.7. The van der Waals surface area contributed by atoms with Gasteiger partial charge in [0.15, 0.2) is 0 Å². The minimum absolute atomic E-state index is 0.166. The van der Waals surface area contributed by atoms with Gasteiger partial charge in [-0.1, -0.05) is 48.0 Å². The maximum Gasteiger partial charge on any atom is 0.255 e. The Balaban J connectivity index is 1.42. The van der Waals surface area contributed by atoms with E-state index in [1.54, 1.807) is 12.1 Å². The number of methoxy groups -OCH3 is 1. The lowest BCUT2D eigenvalue weighted by atomic mass is 10.1. The van der Waals surface area contributed by atoms with Gasteiger partial charge in [0.25, 0.3) is 5.91 Å². The van der Waals surface area contributed by atoms with Crippen molar-refractivity contribution in [3.05, 3.63) is 95.0 Å². The molecule has 0 aromatic heterocycles. The number of hydrogen-bond acceptors (Lipinski definition) is 4. The Labute approximate surface area is 213 Å². The van der Waals surface area contributed by atoms with Crippen LogP contribution in [-0.4, -0.2) is 24.2 Å². The molecule has 0 aliphatic rings. The average Bonchev–Trinajstić information content (AvgIpc) is 2.85. The van der Waals surface area contributed by atoms with Crippen molar-refractivity contribution in [2.45, 2.75) is 24.0 Å². The second kappa shape index (κ2) is 10.8. The highest BCUT2D eigenvalue weighted by atomic mass is 35.5. The second-order valence-electron chi connectivity index (χ2n) is 8.09. The van der Waals surface area contributed by atoms with Crippen molar-refractivity contribution < 1.29 is 14.3 Å². The summed E-state index contributed by atoms with van der Waals surface area (Å²) in [6.07, 6.45) is 0. The molecule has 1 unspecified atom stereocenters. The number of rotatable bonds is 7. The number of amides is 2. The molecule has 0 fully saturated rings. The molecule has 178 valence electrons. The van der Waals surface area contributed by atoms with Gasteiger partial charge in [0, 0.05) is 27.2 Å². The minimum Gasteiger partial charge on any atom is -0.495 e. The molecule has 4 aromatic rings. The van der Waals surface area contributed by atoms with Crippen LogP contribution in [0.1, 0.15) is 22.8 Å². The number of nitrogens with one attached hydrogen (secondary N) is 2. The van der Waals surface area contributed by atoms with E-state index in [9.17, 15) is 9.59 Å². The first-order valence-electron chi connectivity index (χ1n) is 11.1. The van der Waals surface area contributed by atoms with E-state index in [1.807, 2.05) is 80.6 Å². The summed E-state index contributed by atoms with van der Waals surface area (Å²) in [4.78, 5) is 26.5. The first kappa shape index (κ1) is 24.6. The van der Waals surface area contributed by atoms with E-state index >= 15 is 0 Å². The predicted octanol–water partition coefficient (Wildman–Crippen LogP) is 7.18. The Morgan fingerprint density at radius 1 is 0.914 bits per heavy atom. The zero-order valence-electron chi connectivity index (χ0n) is 19.6. The minimum atomic E-state index is -0.387. The van der Waals surface area contributed by atoms with Crippen LogP contribution in [0.3, 0.4) is 0 Å². The van der Waals surface area contributed by atoms with Crippen LogP contribution in [0.5, 0.6) is 5.75 Å². The molecule has 0 heterocycles. The van der Waals surface area contributed by atoms with Crippen molar-refractivity contribution in [1.82, 2.24) is 0 Å². The SMILES string of the molecule is COc1cc(Cl)c(C)cc1NC(=O)C(C)Sc1cccc(NC(=O)c2ccc3ccccc3c2)c1. The predicted molar refractivity (Wildman–Crippen MR) is 145 cm³/mol. The quantitative estimate of drug-likeness (QED) is 0.261. The van der Waals surface area contributed by atoms with Crippen molar-refractivity contribution in [1.29, 1.82) is 0 Å². The van der Waals surface area contributed by atoms with Crippen LogP contribution in [0.2, 0.25) is 5.02 Å². The average molecular weight is 505 g/mol. The Hall–Kier alpha value is -3.48. The first-order valence-corrected chi connectivity index (χ1v) is 12.3. The first-order chi connectivity index (χ1) is 16.8. The van der Waals surface area contributed by atoms with Crippen LogP contribution in [-0.2, 0) is 4.79 Å². The van der Waals surface area contributed by atoms with Gasteiger partial charge in [-0.05, 0) is 66.6 Å². The maximum atomic E-state index is 12.8. The molecule has 4 aromatic carbocycles. The molecule has 2 amide bonds. The molecule has 5 nitrogen and oxygen atoms in total. The number of carbonyl (C=O) groups is 2. The number of aryl methyl sites for hydroxylation is 1. The van der Waals surface area contributed by atoms with Crippen molar-refractivity contribution in [2.75, 3.05) is 17.7 Å². The molecule has 0 radical (unpaired) electrons. The summed E-state index contributed by atoms with van der Waals surface area (Å²) in [7, 11) is 1.53. The highest BCUT2D eigenvalue weighted by Crippen LogP contribution is 2.32. The number of thioether (sulfide) groups is 1. The van der Waals surface area contributed by atoms with E-state index in [-0.39, 0.29) is 17.1 Å². The molecule has 0 aliphatic heterocycles. The van der Waals surface area contributed by atoms with Crippen LogP contribution in [0.25, 0.3) is 10.8 Å². The molecule has 4 rings (SSSR count). The maximum absolute atomic E-state index is 12.8. The summed E-state index contributed by atoms with van der Waals surface area (Å²) in [5.74, 6) is 0.152. The summed E-state index contributed by atoms with van der Waals surface area (Å²) in [5, 5.41) is 8.15. The van der Waals surface area contributed by atoms with Gasteiger partial charge < -0.3 is 15.4 Å². The van der Waals surface area contributed by atoms with E-state index < -0.39 is 0 Å². The number of hydrogen-bond donors (Lipinski definition) is 2. The lowest BCUT2D eigenvalue weighted by Crippen LogP contribution is -2.22. The molecule has 35 heavy (non-hydrogen) atoms. The number of ether oxygens (including phenoxy) is 1. The van der Waals surface area contributed by atoms with Crippen LogP contribution in [0.4, 0.5) is 11.4 Å². The smallest absolute Gasteiger partial charge is 0.255 e. The summed E-state index contributed by atoms with van der Waals surface area (Å²) in [6, 6.07) is 24.5. The third-order valence-corrected chi connectivity index (χ3v) is 7.03. The fourth-order valence-corrected chi connectivity index (χ4v) is 4.68. The van der Waals surface area contributed by atoms with Gasteiger partial charge >= 0.3 is 0 Å². The summed E-state index contributed by atoms with van der Waals surface area (Å²) in [6.45, 7) is 3.70. The zero-order valence-corrected chi connectivity index (χ0v) is 21.2. The van der Waals surface area contributed by atoms with Crippen molar-refractivity contribution in [3.8, 4) is 5.75 Å². The summed E-state index contributed by atoms with van der Waals surface area (Å²) < 4.78 is 5.35. The van der Waals surface area contributed by atoms with E-state index in [0.29, 0.717) is 27.7 Å². The standard InChI is InChI=1S/C28H25ClN2O3S/c1-17-13-25(26(34-3)16-24(17)29)31-27(32)18(2)35-23-10-6-9-22(15-23)30-28(33)21-12-11-19-7-4-5-8-20(19)14-21/h4-16,18H,1-3H3,(H,30,33)(H,31,32). The van der Waals surface area contributed by atoms with E-state index in [0.717, 1.165) is 21.2 Å². The molecular weight excluding hydrogens is 480 g/mol. The van der Waals surface area contributed by atoms with Crippen molar-refractivity contribution >= 4 is 57.3 Å². The van der Waals surface area contributed by atoms with Crippen LogP contribution < -0.4 is 15.4 Å². The van der Waals surface area contributed by atoms with Gasteiger partial charge in [0.1, 0.15) is 5.75 Å². The Kier molecular flexibility index (Phi) is 7.63. The molecule has 0 spiro atoms. The number of carbonyl (C=O) groups excluding carboxylic acids is 2. The van der Waals surface area contributed by atoms with E-state index in [4.69, 9.17) is 16.3 Å². The molecule has 7 heteroatoms. The van der Waals surface area contributed by atoms with Crippen molar-refractivity contribution in [3.63, 3.8) is 0 Å². The van der Waals surface area contributed by atoms with Gasteiger partial charge in [-0.3, -0.25) is 9.59 Å². The summed E-state index contributed by atoms with van der Waals surface area (Å²) >= 11 is 7.56. The molecule has 0 bridgehead atoms. The summed E-state index contributed by atoms with van der Waals surface area (Å²) in [5.41, 5.74) is 2.67. The van der Waals surface area contributed by atoms with Gasteiger partial charge in [0.2, 0.25) is 5.91 Å². The largest absolute Gasteiger partial charge is 0.495 e. The molecule has 2 N–H and O–H groups in total. The Morgan fingerprint density at radius 3 is 2.46 bits per heavy atom. The lowest BCUT2D eigenvalue weighted by molar-refractivity contribution is -0.115. The second-order valence-corrected chi connectivity index (χ2v) is 9.92. The Bertz CT molecular complexity index is 1410. The number of anilines is 2. The Morgan fingerprint density at radius 2 is 1.69 bits per heavy atom. The molecule has 0 saturated heterocycles. The van der Waals surface area contributed by atoms with E-state index in [1.165, 1.54) is 18.9 Å². The van der Waals surface area contributed by atoms with E-state index in [2.05, 4.69) is 10.6 Å². The third kappa shape index (κ3) is 5.96. The fraction of sp³-hybridized carbons (Fsp3) is 0.143. The highest BCUT2D eigenvalue weighted by Gasteiger charge is 2.18. The van der Waals surface area contributed by atoms with Crippen LogP contribution >= 0.6 is 23.4 Å². The fourth-order valence-electron chi connectivity index (χ4n) is 3.60. The third-order valence-electron chi connectivity index (χ3n) is 5.52. The van der Waals surface area contributed by atoms with Crippen LogP contribution in [0.15, 0.2) is 83.8 Å². The molecule has 0 aliphatic carbocycles. The molecule has 1 atom stereocenters. The monoisotopic (exact) mass is 504 g/mol. The van der Waals surface area contributed by atoms with Gasteiger partial charge in [0.05, 0.1) is 18.0 Å². The van der Waals surface area contributed by atoms with Crippen molar-refractivity contribution in [2.24, 2.45) is 0 Å². The molecule has 0 saturated carbocycles. The number of benzene rings is 4. The highest BCUT2D eigenvalue weighted by molar-refractivity contribution is 8.00. The lowest BCUT2D eigenvalue weighted by Gasteiger charge is -2.16. The number of halogens is 1. The van der Waals surface area contributed by atoms with Gasteiger partial charge in [-0.15, -0.1) is 11.8 Å². The van der Waals surface area contributed by atoms with Gasteiger partial charge in [-0.2, -0.15) is 0 Å². The van der Waals surface area contributed by atoms with Crippen LogP contribution in [0, 0.1) is 6.92 Å².